The quantitative estimate of drug-likeness (QED) is 0.855. The van der Waals surface area contributed by atoms with Crippen LogP contribution in [0.15, 0.2) is 30.3 Å². The highest BCUT2D eigenvalue weighted by atomic mass is 16.6. The molecule has 6 heteroatoms. The van der Waals surface area contributed by atoms with Crippen molar-refractivity contribution >= 4 is 12.1 Å². The number of carbonyl (C=O) groups is 2. The van der Waals surface area contributed by atoms with Gasteiger partial charge in [0.25, 0.3) is 0 Å². The van der Waals surface area contributed by atoms with Gasteiger partial charge in [0.2, 0.25) is 0 Å². The molecule has 1 aromatic rings. The number of rotatable bonds is 4. The van der Waals surface area contributed by atoms with Crippen molar-refractivity contribution in [1.82, 2.24) is 4.90 Å². The van der Waals surface area contributed by atoms with E-state index in [0.29, 0.717) is 12.8 Å². The molecule has 2 bridgehead atoms. The first-order chi connectivity index (χ1) is 11.1. The number of benzene rings is 1. The van der Waals surface area contributed by atoms with Gasteiger partial charge in [0.15, 0.2) is 0 Å². The van der Waals surface area contributed by atoms with Crippen LogP contribution in [0.25, 0.3) is 0 Å². The Hall–Kier alpha value is -2.08. The number of fused-ring (bicyclic) bond motifs is 2. The molecule has 1 aromatic carbocycles. The molecule has 1 saturated carbocycles. The first-order valence-electron chi connectivity index (χ1n) is 7.95. The predicted molar refractivity (Wildman–Crippen MR) is 81.4 cm³/mol. The number of esters is 1. The standard InChI is InChI=1S/C17H21NO5/c1-2-22-16(20)15-13-8-12(9-14(13)19)18(15)17(21)23-10-11-6-4-3-5-7-11/h3-7,12-15,19H,2,8-10H2,1H3/t12?,13?,14-,15+/m1/s1. The van der Waals surface area contributed by atoms with Crippen LogP contribution in [0.1, 0.15) is 25.3 Å². The van der Waals surface area contributed by atoms with Gasteiger partial charge >= 0.3 is 12.1 Å². The topological polar surface area (TPSA) is 76.1 Å². The molecular weight excluding hydrogens is 298 g/mol. The highest BCUT2D eigenvalue weighted by Gasteiger charge is 2.56. The number of likely N-dealkylation sites (tertiary alicyclic amines) is 1. The predicted octanol–water partition coefficient (Wildman–Crippen LogP) is 1.71. The van der Waals surface area contributed by atoms with Gasteiger partial charge < -0.3 is 14.6 Å². The lowest BCUT2D eigenvalue weighted by Crippen LogP contribution is -2.53. The summed E-state index contributed by atoms with van der Waals surface area (Å²) in [6.45, 7) is 2.13. The summed E-state index contributed by atoms with van der Waals surface area (Å²) in [7, 11) is 0. The van der Waals surface area contributed by atoms with Crippen molar-refractivity contribution in [2.24, 2.45) is 5.92 Å². The number of amides is 1. The number of aliphatic hydroxyl groups is 1. The summed E-state index contributed by atoms with van der Waals surface area (Å²) in [5, 5.41) is 10.0. The molecule has 6 nitrogen and oxygen atoms in total. The van der Waals surface area contributed by atoms with Gasteiger partial charge in [-0.15, -0.1) is 0 Å². The summed E-state index contributed by atoms with van der Waals surface area (Å²) >= 11 is 0. The van der Waals surface area contributed by atoms with E-state index < -0.39 is 24.2 Å². The molecule has 1 aliphatic carbocycles. The van der Waals surface area contributed by atoms with Crippen LogP contribution in [-0.4, -0.2) is 46.9 Å². The lowest BCUT2D eigenvalue weighted by atomic mass is 9.96. The van der Waals surface area contributed by atoms with Crippen molar-refractivity contribution < 1.29 is 24.2 Å². The smallest absolute Gasteiger partial charge is 0.411 e. The molecule has 124 valence electrons. The van der Waals surface area contributed by atoms with Crippen LogP contribution >= 0.6 is 0 Å². The maximum Gasteiger partial charge on any atom is 0.411 e. The molecule has 0 radical (unpaired) electrons. The molecule has 0 spiro atoms. The van der Waals surface area contributed by atoms with Crippen molar-refractivity contribution in [3.63, 3.8) is 0 Å². The zero-order valence-electron chi connectivity index (χ0n) is 13.1. The Morgan fingerprint density at radius 3 is 2.65 bits per heavy atom. The summed E-state index contributed by atoms with van der Waals surface area (Å²) in [5.74, 6) is -0.723. The maximum absolute atomic E-state index is 12.4. The van der Waals surface area contributed by atoms with Gasteiger partial charge in [-0.2, -0.15) is 0 Å². The summed E-state index contributed by atoms with van der Waals surface area (Å²) in [6.07, 6.45) is 0.0189. The van der Waals surface area contributed by atoms with Gasteiger partial charge in [0, 0.05) is 12.0 Å². The number of aliphatic hydroxyl groups excluding tert-OH is 1. The van der Waals surface area contributed by atoms with E-state index in [4.69, 9.17) is 9.47 Å². The van der Waals surface area contributed by atoms with Crippen molar-refractivity contribution in [2.45, 2.75) is 44.6 Å². The molecule has 3 rings (SSSR count). The average Bonchev–Trinajstić information content (AvgIpc) is 3.10. The summed E-state index contributed by atoms with van der Waals surface area (Å²) in [6, 6.07) is 8.48. The summed E-state index contributed by atoms with van der Waals surface area (Å²) in [4.78, 5) is 26.1. The van der Waals surface area contributed by atoms with E-state index in [1.807, 2.05) is 30.3 Å². The summed E-state index contributed by atoms with van der Waals surface area (Å²) in [5.41, 5.74) is 0.887. The van der Waals surface area contributed by atoms with Gasteiger partial charge in [-0.05, 0) is 25.3 Å². The van der Waals surface area contributed by atoms with Crippen LogP contribution in [-0.2, 0) is 20.9 Å². The Bertz CT molecular complexity index is 576. The fourth-order valence-electron chi connectivity index (χ4n) is 3.59. The normalized spacial score (nSPS) is 28.7. The maximum atomic E-state index is 12.4. The number of carbonyl (C=O) groups excluding carboxylic acids is 2. The average molecular weight is 319 g/mol. The van der Waals surface area contributed by atoms with E-state index in [9.17, 15) is 14.7 Å². The van der Waals surface area contributed by atoms with Gasteiger partial charge in [-0.3, -0.25) is 4.90 Å². The second-order valence-corrected chi connectivity index (χ2v) is 6.00. The van der Waals surface area contributed by atoms with Crippen LogP contribution in [0.2, 0.25) is 0 Å². The highest BCUT2D eigenvalue weighted by molar-refractivity contribution is 5.83. The van der Waals surface area contributed by atoms with Gasteiger partial charge in [0.05, 0.1) is 12.7 Å². The molecule has 1 amide bonds. The van der Waals surface area contributed by atoms with Crippen molar-refractivity contribution in [2.75, 3.05) is 6.61 Å². The Morgan fingerprint density at radius 2 is 1.96 bits per heavy atom. The molecule has 23 heavy (non-hydrogen) atoms. The lowest BCUT2D eigenvalue weighted by molar-refractivity contribution is -0.152. The van der Waals surface area contributed by atoms with Crippen molar-refractivity contribution in [3.8, 4) is 0 Å². The fraction of sp³-hybridized carbons (Fsp3) is 0.529. The Kier molecular flexibility index (Phi) is 4.52. The number of nitrogens with zero attached hydrogens (tertiary/aromatic N) is 1. The van der Waals surface area contributed by atoms with E-state index in [2.05, 4.69) is 0 Å². The first-order valence-corrected chi connectivity index (χ1v) is 7.95. The summed E-state index contributed by atoms with van der Waals surface area (Å²) < 4.78 is 10.4. The molecular formula is C17H21NO5. The van der Waals surface area contributed by atoms with Gasteiger partial charge in [-0.1, -0.05) is 30.3 Å². The van der Waals surface area contributed by atoms with Crippen LogP contribution in [0, 0.1) is 5.92 Å². The number of ether oxygens (including phenoxy) is 2. The third kappa shape index (κ3) is 3.03. The first kappa shape index (κ1) is 15.8. The zero-order chi connectivity index (χ0) is 16.4. The third-order valence-electron chi connectivity index (χ3n) is 4.59. The Balaban J connectivity index is 1.69. The Morgan fingerprint density at radius 1 is 1.22 bits per heavy atom. The monoisotopic (exact) mass is 319 g/mol. The minimum Gasteiger partial charge on any atom is -0.464 e. The largest absolute Gasteiger partial charge is 0.464 e. The van der Waals surface area contributed by atoms with Crippen LogP contribution in [0.3, 0.4) is 0 Å². The SMILES string of the molecule is CCOC(=O)[C@@H]1C2CC(C[C@H]2O)N1C(=O)OCc1ccccc1. The van der Waals surface area contributed by atoms with E-state index in [-0.39, 0.29) is 25.2 Å². The highest BCUT2D eigenvalue weighted by Crippen LogP contribution is 2.43. The second-order valence-electron chi connectivity index (χ2n) is 6.00. The van der Waals surface area contributed by atoms with Crippen LogP contribution in [0.4, 0.5) is 4.79 Å². The Labute approximate surface area is 135 Å². The van der Waals surface area contributed by atoms with Crippen molar-refractivity contribution in [3.05, 3.63) is 35.9 Å². The van der Waals surface area contributed by atoms with Gasteiger partial charge in [-0.25, -0.2) is 9.59 Å². The zero-order valence-corrected chi connectivity index (χ0v) is 13.1. The van der Waals surface area contributed by atoms with E-state index in [0.717, 1.165) is 5.56 Å². The molecule has 1 aliphatic heterocycles. The minimum absolute atomic E-state index is 0.158. The second kappa shape index (κ2) is 6.58. The molecule has 2 unspecified atom stereocenters. The molecule has 0 aromatic heterocycles. The molecule has 2 aliphatic rings. The molecule has 1 saturated heterocycles. The number of hydrogen-bond acceptors (Lipinski definition) is 5. The lowest BCUT2D eigenvalue weighted by Gasteiger charge is -2.34. The molecule has 2 fully saturated rings. The molecule has 1 N–H and O–H groups in total. The van der Waals surface area contributed by atoms with Crippen LogP contribution < -0.4 is 0 Å². The third-order valence-corrected chi connectivity index (χ3v) is 4.59. The van der Waals surface area contributed by atoms with E-state index in [1.54, 1.807) is 6.92 Å². The van der Waals surface area contributed by atoms with E-state index in [1.165, 1.54) is 4.90 Å². The number of hydrogen-bond donors (Lipinski definition) is 1. The fourth-order valence-corrected chi connectivity index (χ4v) is 3.59. The van der Waals surface area contributed by atoms with Crippen molar-refractivity contribution in [1.29, 1.82) is 0 Å². The minimum atomic E-state index is -0.744. The van der Waals surface area contributed by atoms with E-state index >= 15 is 0 Å². The van der Waals surface area contributed by atoms with Crippen LogP contribution in [0.5, 0.6) is 0 Å². The van der Waals surface area contributed by atoms with Gasteiger partial charge in [0.1, 0.15) is 12.6 Å². The number of piperidine rings is 1. The molecule has 1 heterocycles. The molecule has 4 atom stereocenters.